The number of aliphatic imine (C=N–C) groups is 1. The van der Waals surface area contributed by atoms with Gasteiger partial charge < -0.3 is 15.4 Å². The molecule has 1 saturated heterocycles. The highest BCUT2D eigenvalue weighted by Crippen LogP contribution is 2.25. The van der Waals surface area contributed by atoms with Crippen molar-refractivity contribution in [2.45, 2.75) is 50.8 Å². The average Bonchev–Trinajstić information content (AvgIpc) is 2.48. The molecule has 0 spiro atoms. The Labute approximate surface area is 130 Å². The molecule has 0 bridgehead atoms. The molecule has 1 heterocycles. The number of ether oxygens (including phenoxy) is 1. The van der Waals surface area contributed by atoms with Gasteiger partial charge in [-0.1, -0.05) is 20.3 Å². The summed E-state index contributed by atoms with van der Waals surface area (Å²) in [6.45, 7) is 6.74. The minimum absolute atomic E-state index is 0.233. The Balaban J connectivity index is 1.79. The Kier molecular flexibility index (Phi) is 6.05. The minimum atomic E-state index is -0.678. The minimum Gasteiger partial charge on any atom is -0.380 e. The quantitative estimate of drug-likeness (QED) is 0.592. The summed E-state index contributed by atoms with van der Waals surface area (Å²) in [5.74, 6) is 1.62. The van der Waals surface area contributed by atoms with Gasteiger partial charge in [-0.05, 0) is 19.3 Å². The van der Waals surface area contributed by atoms with Crippen molar-refractivity contribution in [2.24, 2.45) is 10.4 Å². The highest BCUT2D eigenvalue weighted by molar-refractivity contribution is 7.85. The van der Waals surface area contributed by atoms with E-state index in [4.69, 9.17) is 4.74 Å². The molecule has 2 N–H and O–H groups in total. The topological polar surface area (TPSA) is 62.7 Å². The van der Waals surface area contributed by atoms with Crippen LogP contribution in [0.1, 0.15) is 39.5 Å². The highest BCUT2D eigenvalue weighted by atomic mass is 32.2. The number of rotatable bonds is 5. The van der Waals surface area contributed by atoms with E-state index >= 15 is 0 Å². The molecule has 1 saturated carbocycles. The molecule has 2 fully saturated rings. The number of hydrogen-bond acceptors (Lipinski definition) is 3. The van der Waals surface area contributed by atoms with Crippen LogP contribution in [0.5, 0.6) is 0 Å². The van der Waals surface area contributed by atoms with E-state index in [1.807, 2.05) is 6.92 Å². The van der Waals surface area contributed by atoms with Crippen LogP contribution in [0, 0.1) is 5.41 Å². The molecule has 3 unspecified atom stereocenters. The van der Waals surface area contributed by atoms with Gasteiger partial charge in [-0.2, -0.15) is 0 Å². The molecule has 0 radical (unpaired) electrons. The second-order valence-corrected chi connectivity index (χ2v) is 8.53. The maximum absolute atomic E-state index is 12.0. The normalized spacial score (nSPS) is 30.3. The van der Waals surface area contributed by atoms with Gasteiger partial charge in [0.1, 0.15) is 0 Å². The van der Waals surface area contributed by atoms with E-state index < -0.39 is 10.8 Å². The molecule has 21 heavy (non-hydrogen) atoms. The van der Waals surface area contributed by atoms with Crippen molar-refractivity contribution >= 4 is 16.8 Å². The zero-order chi connectivity index (χ0) is 15.3. The lowest BCUT2D eigenvalue weighted by molar-refractivity contribution is -0.0971. The van der Waals surface area contributed by atoms with Crippen LogP contribution in [0.2, 0.25) is 0 Å². The predicted octanol–water partition coefficient (Wildman–Crippen LogP) is 1.27. The molecule has 1 aliphatic carbocycles. The summed E-state index contributed by atoms with van der Waals surface area (Å²) in [5, 5.41) is 7.24. The van der Waals surface area contributed by atoms with Gasteiger partial charge in [0.25, 0.3) is 0 Å². The zero-order valence-electron chi connectivity index (χ0n) is 13.5. The Morgan fingerprint density at radius 1 is 1.43 bits per heavy atom. The SMILES string of the molecule is CCS(=O)C1CCCC(NC(=NC)NCC2(C)COC2)C1. The van der Waals surface area contributed by atoms with Crippen LogP contribution in [0.15, 0.2) is 4.99 Å². The van der Waals surface area contributed by atoms with Crippen LogP contribution < -0.4 is 10.6 Å². The first-order chi connectivity index (χ1) is 10.1. The predicted molar refractivity (Wildman–Crippen MR) is 88.2 cm³/mol. The molecule has 122 valence electrons. The molecule has 5 nitrogen and oxygen atoms in total. The standard InChI is InChI=1S/C15H29N3O2S/c1-4-21(19)13-7-5-6-12(8-13)18-14(16-3)17-9-15(2)10-20-11-15/h12-13H,4-11H2,1-3H3,(H2,16,17,18). The highest BCUT2D eigenvalue weighted by Gasteiger charge is 2.33. The molecule has 0 aromatic heterocycles. The summed E-state index contributed by atoms with van der Waals surface area (Å²) in [5.41, 5.74) is 0.233. The summed E-state index contributed by atoms with van der Waals surface area (Å²) in [7, 11) is 1.13. The van der Waals surface area contributed by atoms with E-state index in [-0.39, 0.29) is 5.41 Å². The van der Waals surface area contributed by atoms with Crippen LogP contribution in [0.4, 0.5) is 0 Å². The van der Waals surface area contributed by atoms with Crippen LogP contribution in [-0.4, -0.2) is 54.0 Å². The van der Waals surface area contributed by atoms with Gasteiger partial charge in [0, 0.05) is 46.9 Å². The smallest absolute Gasteiger partial charge is 0.191 e. The van der Waals surface area contributed by atoms with Crippen molar-refractivity contribution in [3.05, 3.63) is 0 Å². The molecule has 1 aliphatic heterocycles. The fourth-order valence-electron chi connectivity index (χ4n) is 2.99. The Bertz CT molecular complexity index is 396. The first-order valence-corrected chi connectivity index (χ1v) is 9.36. The molecular weight excluding hydrogens is 286 g/mol. The van der Waals surface area contributed by atoms with E-state index in [1.165, 1.54) is 0 Å². The first kappa shape index (κ1) is 16.7. The van der Waals surface area contributed by atoms with Gasteiger partial charge in [0.15, 0.2) is 5.96 Å². The van der Waals surface area contributed by atoms with Crippen molar-refractivity contribution in [3.63, 3.8) is 0 Å². The van der Waals surface area contributed by atoms with Crippen LogP contribution in [0.25, 0.3) is 0 Å². The molecule has 2 aliphatic rings. The lowest BCUT2D eigenvalue weighted by Crippen LogP contribution is -2.53. The van der Waals surface area contributed by atoms with Gasteiger partial charge in [-0.3, -0.25) is 9.20 Å². The molecule has 0 aromatic carbocycles. The third kappa shape index (κ3) is 4.68. The van der Waals surface area contributed by atoms with Gasteiger partial charge in [0.05, 0.1) is 13.2 Å². The first-order valence-electron chi connectivity index (χ1n) is 7.98. The molecule has 6 heteroatoms. The number of nitrogens with one attached hydrogen (secondary N) is 2. The van der Waals surface area contributed by atoms with Crippen molar-refractivity contribution in [1.29, 1.82) is 0 Å². The maximum Gasteiger partial charge on any atom is 0.191 e. The number of hydrogen-bond donors (Lipinski definition) is 2. The Morgan fingerprint density at radius 2 is 2.19 bits per heavy atom. The van der Waals surface area contributed by atoms with E-state index in [1.54, 1.807) is 7.05 Å². The maximum atomic E-state index is 12.0. The summed E-state index contributed by atoms with van der Waals surface area (Å²) in [4.78, 5) is 4.31. The Hall–Kier alpha value is -0.620. The van der Waals surface area contributed by atoms with Crippen LogP contribution >= 0.6 is 0 Å². The Morgan fingerprint density at radius 3 is 2.76 bits per heavy atom. The fraction of sp³-hybridized carbons (Fsp3) is 0.933. The van der Waals surface area contributed by atoms with Crippen molar-refractivity contribution in [2.75, 3.05) is 32.6 Å². The summed E-state index contributed by atoms with van der Waals surface area (Å²) < 4.78 is 17.3. The third-order valence-electron chi connectivity index (χ3n) is 4.43. The molecule has 0 aromatic rings. The van der Waals surface area contributed by atoms with Crippen LogP contribution in [-0.2, 0) is 15.5 Å². The van der Waals surface area contributed by atoms with E-state index in [9.17, 15) is 4.21 Å². The van der Waals surface area contributed by atoms with Gasteiger partial charge >= 0.3 is 0 Å². The largest absolute Gasteiger partial charge is 0.380 e. The number of guanidine groups is 1. The van der Waals surface area contributed by atoms with E-state index in [0.29, 0.717) is 11.3 Å². The van der Waals surface area contributed by atoms with Crippen molar-refractivity contribution in [1.82, 2.24) is 10.6 Å². The van der Waals surface area contributed by atoms with Gasteiger partial charge in [0.2, 0.25) is 0 Å². The summed E-state index contributed by atoms with van der Waals surface area (Å²) >= 11 is 0. The number of nitrogens with zero attached hydrogens (tertiary/aromatic N) is 1. The van der Waals surface area contributed by atoms with Crippen molar-refractivity contribution < 1.29 is 8.95 Å². The zero-order valence-corrected chi connectivity index (χ0v) is 14.3. The van der Waals surface area contributed by atoms with Gasteiger partial charge in [-0.15, -0.1) is 0 Å². The van der Waals surface area contributed by atoms with Crippen LogP contribution in [0.3, 0.4) is 0 Å². The molecular formula is C15H29N3O2S. The second kappa shape index (κ2) is 7.58. The second-order valence-electron chi connectivity index (χ2n) is 6.53. The third-order valence-corrected chi connectivity index (χ3v) is 6.17. The summed E-state index contributed by atoms with van der Waals surface area (Å²) in [6.07, 6.45) is 4.37. The lowest BCUT2D eigenvalue weighted by atomic mass is 9.89. The molecule has 3 atom stereocenters. The fourth-order valence-corrected chi connectivity index (χ4v) is 4.34. The van der Waals surface area contributed by atoms with Gasteiger partial charge in [-0.25, -0.2) is 0 Å². The summed E-state index contributed by atoms with van der Waals surface area (Å²) in [6, 6.07) is 0.385. The monoisotopic (exact) mass is 315 g/mol. The lowest BCUT2D eigenvalue weighted by Gasteiger charge is -2.38. The molecule has 2 rings (SSSR count). The van der Waals surface area contributed by atoms with Crippen molar-refractivity contribution in [3.8, 4) is 0 Å². The molecule has 0 amide bonds. The van der Waals surface area contributed by atoms with E-state index in [0.717, 1.165) is 57.2 Å². The van der Waals surface area contributed by atoms with E-state index in [2.05, 4.69) is 22.5 Å². The average molecular weight is 315 g/mol.